The van der Waals surface area contributed by atoms with Crippen LogP contribution in [0.1, 0.15) is 19.3 Å². The van der Waals surface area contributed by atoms with E-state index in [0.717, 1.165) is 10.9 Å². The van der Waals surface area contributed by atoms with Gasteiger partial charge in [-0.1, -0.05) is 11.8 Å². The number of nitrogens with one attached hydrogen (secondary N) is 1. The Morgan fingerprint density at radius 3 is 3.08 bits per heavy atom. The third kappa shape index (κ3) is 2.01. The lowest BCUT2D eigenvalue weighted by molar-refractivity contribution is 0.603. The second-order valence-electron chi connectivity index (χ2n) is 3.41. The predicted molar refractivity (Wildman–Crippen MR) is 49.0 cm³/mol. The van der Waals surface area contributed by atoms with E-state index in [1.54, 1.807) is 11.8 Å². The molecule has 0 spiro atoms. The molecule has 1 aliphatic carbocycles. The van der Waals surface area contributed by atoms with Crippen molar-refractivity contribution in [2.24, 2.45) is 5.41 Å². The van der Waals surface area contributed by atoms with Crippen LogP contribution in [0.4, 0.5) is 0 Å². The van der Waals surface area contributed by atoms with Crippen LogP contribution >= 0.6 is 11.8 Å². The molecule has 68 valence electrons. The Labute approximate surface area is 80.7 Å². The number of aromatic nitrogens is 3. The monoisotopic (exact) mass is 194 g/mol. The molecule has 0 atom stereocenters. The summed E-state index contributed by atoms with van der Waals surface area (Å²) >= 11 is 1.66. The van der Waals surface area contributed by atoms with Crippen LogP contribution in [0.5, 0.6) is 0 Å². The molecule has 1 N–H and O–H groups in total. The summed E-state index contributed by atoms with van der Waals surface area (Å²) < 4.78 is 0. The summed E-state index contributed by atoms with van der Waals surface area (Å²) in [6.45, 7) is 0. The molecule has 0 bridgehead atoms. The van der Waals surface area contributed by atoms with Crippen LogP contribution in [-0.2, 0) is 0 Å². The van der Waals surface area contributed by atoms with Gasteiger partial charge in [-0.3, -0.25) is 5.10 Å². The smallest absolute Gasteiger partial charge is 0.183 e. The Morgan fingerprint density at radius 1 is 1.69 bits per heavy atom. The van der Waals surface area contributed by atoms with Gasteiger partial charge in [0, 0.05) is 12.2 Å². The lowest BCUT2D eigenvalue weighted by Gasteiger charge is -2.07. The summed E-state index contributed by atoms with van der Waals surface area (Å²) in [4.78, 5) is 4.02. The predicted octanol–water partition coefficient (Wildman–Crippen LogP) is 1.59. The Kier molecular flexibility index (Phi) is 2.23. The van der Waals surface area contributed by atoms with Crippen molar-refractivity contribution in [2.75, 3.05) is 5.75 Å². The molecule has 1 fully saturated rings. The van der Waals surface area contributed by atoms with Gasteiger partial charge in [-0.2, -0.15) is 10.4 Å². The topological polar surface area (TPSA) is 65.4 Å². The second-order valence-corrected chi connectivity index (χ2v) is 4.38. The Morgan fingerprint density at radius 2 is 2.54 bits per heavy atom. The molecule has 1 heterocycles. The van der Waals surface area contributed by atoms with E-state index in [4.69, 9.17) is 5.26 Å². The maximum atomic E-state index is 8.60. The Balaban J connectivity index is 1.83. The van der Waals surface area contributed by atoms with Crippen molar-refractivity contribution in [3.63, 3.8) is 0 Å². The van der Waals surface area contributed by atoms with Gasteiger partial charge in [0.1, 0.15) is 6.33 Å². The van der Waals surface area contributed by atoms with E-state index < -0.39 is 0 Å². The van der Waals surface area contributed by atoms with E-state index in [1.807, 2.05) is 0 Å². The van der Waals surface area contributed by atoms with E-state index in [9.17, 15) is 0 Å². The first kappa shape index (κ1) is 8.57. The molecule has 1 saturated carbocycles. The first-order chi connectivity index (χ1) is 6.35. The van der Waals surface area contributed by atoms with E-state index in [0.29, 0.717) is 6.42 Å². The SMILES string of the molecule is N#CCC1(CSc2ncn[nH]2)CC1. The fourth-order valence-electron chi connectivity index (χ4n) is 1.20. The summed E-state index contributed by atoms with van der Waals surface area (Å²) in [5, 5.41) is 16.0. The van der Waals surface area contributed by atoms with Crippen LogP contribution in [0.15, 0.2) is 11.5 Å². The standard InChI is InChI=1S/C8H10N4S/c9-4-3-8(1-2-8)5-13-7-10-6-11-12-7/h6H,1-3,5H2,(H,10,11,12). The number of aromatic amines is 1. The maximum absolute atomic E-state index is 8.60. The van der Waals surface area contributed by atoms with E-state index in [-0.39, 0.29) is 5.41 Å². The molecule has 1 aromatic heterocycles. The average molecular weight is 194 g/mol. The second kappa shape index (κ2) is 3.38. The Bertz CT molecular complexity index is 309. The minimum atomic E-state index is 0.284. The molecule has 0 unspecified atom stereocenters. The van der Waals surface area contributed by atoms with Gasteiger partial charge in [0.05, 0.1) is 6.07 Å². The number of hydrogen-bond acceptors (Lipinski definition) is 4. The summed E-state index contributed by atoms with van der Waals surface area (Å²) in [5.74, 6) is 0.982. The van der Waals surface area contributed by atoms with Crippen molar-refractivity contribution < 1.29 is 0 Å². The zero-order valence-electron chi connectivity index (χ0n) is 7.16. The highest BCUT2D eigenvalue weighted by atomic mass is 32.2. The van der Waals surface area contributed by atoms with Crippen molar-refractivity contribution in [3.05, 3.63) is 6.33 Å². The fourth-order valence-corrected chi connectivity index (χ4v) is 2.27. The van der Waals surface area contributed by atoms with Crippen molar-refractivity contribution >= 4 is 11.8 Å². The first-order valence-corrected chi connectivity index (χ1v) is 5.18. The van der Waals surface area contributed by atoms with Crippen molar-refractivity contribution in [1.82, 2.24) is 15.2 Å². The molecule has 13 heavy (non-hydrogen) atoms. The summed E-state index contributed by atoms with van der Waals surface area (Å²) in [5.41, 5.74) is 0.284. The van der Waals surface area contributed by atoms with Crippen LogP contribution < -0.4 is 0 Å². The number of hydrogen-bond donors (Lipinski definition) is 1. The molecule has 1 aromatic rings. The average Bonchev–Trinajstić information content (AvgIpc) is 2.71. The molecule has 0 aliphatic heterocycles. The number of nitriles is 1. The maximum Gasteiger partial charge on any atom is 0.183 e. The molecule has 4 nitrogen and oxygen atoms in total. The van der Waals surface area contributed by atoms with E-state index in [1.165, 1.54) is 19.2 Å². The summed E-state index contributed by atoms with van der Waals surface area (Å²) in [6, 6.07) is 2.24. The van der Waals surface area contributed by atoms with Crippen molar-refractivity contribution in [3.8, 4) is 6.07 Å². The largest absolute Gasteiger partial charge is 0.254 e. The van der Waals surface area contributed by atoms with Crippen LogP contribution in [0.25, 0.3) is 0 Å². The van der Waals surface area contributed by atoms with Gasteiger partial charge in [-0.25, -0.2) is 4.98 Å². The normalized spacial score (nSPS) is 18.1. The molecular weight excluding hydrogens is 184 g/mol. The molecule has 5 heteroatoms. The Hall–Kier alpha value is -1.02. The lowest BCUT2D eigenvalue weighted by atomic mass is 10.1. The summed E-state index contributed by atoms with van der Waals surface area (Å²) in [6.07, 6.45) is 4.55. The van der Waals surface area contributed by atoms with Crippen LogP contribution in [0.3, 0.4) is 0 Å². The van der Waals surface area contributed by atoms with Crippen LogP contribution in [-0.4, -0.2) is 20.9 Å². The highest BCUT2D eigenvalue weighted by molar-refractivity contribution is 7.99. The number of H-pyrrole nitrogens is 1. The number of rotatable bonds is 4. The highest BCUT2D eigenvalue weighted by Crippen LogP contribution is 2.51. The van der Waals surface area contributed by atoms with Gasteiger partial charge < -0.3 is 0 Å². The quantitative estimate of drug-likeness (QED) is 0.739. The number of thioether (sulfide) groups is 1. The molecular formula is C8H10N4S. The highest BCUT2D eigenvalue weighted by Gasteiger charge is 2.42. The molecule has 0 radical (unpaired) electrons. The minimum absolute atomic E-state index is 0.284. The van der Waals surface area contributed by atoms with Crippen LogP contribution in [0.2, 0.25) is 0 Å². The van der Waals surface area contributed by atoms with Gasteiger partial charge in [0.15, 0.2) is 5.16 Å². The molecule has 0 amide bonds. The first-order valence-electron chi connectivity index (χ1n) is 4.20. The molecule has 0 aromatic carbocycles. The summed E-state index contributed by atoms with van der Waals surface area (Å²) in [7, 11) is 0. The third-order valence-corrected chi connectivity index (χ3v) is 3.55. The lowest BCUT2D eigenvalue weighted by Crippen LogP contribution is -2.02. The van der Waals surface area contributed by atoms with Crippen molar-refractivity contribution in [1.29, 1.82) is 5.26 Å². The molecule has 1 aliphatic rings. The minimum Gasteiger partial charge on any atom is -0.254 e. The fraction of sp³-hybridized carbons (Fsp3) is 0.625. The van der Waals surface area contributed by atoms with Gasteiger partial charge in [0.2, 0.25) is 0 Å². The van der Waals surface area contributed by atoms with E-state index in [2.05, 4.69) is 21.3 Å². The zero-order chi connectivity index (χ0) is 9.15. The number of nitrogens with zero attached hydrogens (tertiary/aromatic N) is 3. The van der Waals surface area contributed by atoms with Gasteiger partial charge >= 0.3 is 0 Å². The van der Waals surface area contributed by atoms with E-state index >= 15 is 0 Å². The van der Waals surface area contributed by atoms with Gasteiger partial charge in [0.25, 0.3) is 0 Å². The third-order valence-electron chi connectivity index (χ3n) is 2.32. The van der Waals surface area contributed by atoms with Gasteiger partial charge in [-0.05, 0) is 18.3 Å². The van der Waals surface area contributed by atoms with Crippen molar-refractivity contribution in [2.45, 2.75) is 24.4 Å². The van der Waals surface area contributed by atoms with Gasteiger partial charge in [-0.15, -0.1) is 0 Å². The van der Waals surface area contributed by atoms with Crippen LogP contribution in [0, 0.1) is 16.7 Å². The zero-order valence-corrected chi connectivity index (χ0v) is 7.97. The molecule has 0 saturated heterocycles. The molecule has 2 rings (SSSR count).